The molecule has 0 atom stereocenters. The minimum absolute atomic E-state index is 0.228. The van der Waals surface area contributed by atoms with E-state index in [2.05, 4.69) is 55.3 Å². The van der Waals surface area contributed by atoms with Gasteiger partial charge in [-0.2, -0.15) is 0 Å². The van der Waals surface area contributed by atoms with Gasteiger partial charge in [-0.1, -0.05) is 62.7 Å². The number of aryl methyl sites for hydroxylation is 2. The molecule has 0 unspecified atom stereocenters. The summed E-state index contributed by atoms with van der Waals surface area (Å²) in [6.07, 6.45) is 0.813. The van der Waals surface area contributed by atoms with E-state index in [1.165, 1.54) is 16.9 Å². The van der Waals surface area contributed by atoms with Gasteiger partial charge in [0.15, 0.2) is 5.13 Å². The number of nitrogens with one attached hydrogen (secondary N) is 1. The van der Waals surface area contributed by atoms with E-state index in [-0.39, 0.29) is 11.5 Å². The number of aromatic nitrogens is 1. The van der Waals surface area contributed by atoms with Crippen LogP contribution in [-0.4, -0.2) is 18.0 Å². The molecule has 6 nitrogen and oxygen atoms in total. The second-order valence-electron chi connectivity index (χ2n) is 9.69. The van der Waals surface area contributed by atoms with Crippen molar-refractivity contribution in [2.75, 3.05) is 12.4 Å². The van der Waals surface area contributed by atoms with E-state index in [9.17, 15) is 4.79 Å². The van der Waals surface area contributed by atoms with E-state index in [4.69, 9.17) is 14.1 Å². The van der Waals surface area contributed by atoms with Gasteiger partial charge in [0.1, 0.15) is 16.9 Å². The topological polar surface area (TPSA) is 76.7 Å². The third-order valence-electron chi connectivity index (χ3n) is 6.55. The maximum Gasteiger partial charge on any atom is 0.262 e. The zero-order chi connectivity index (χ0) is 27.5. The monoisotopic (exact) mass is 537 g/mol. The van der Waals surface area contributed by atoms with Gasteiger partial charge in [0.2, 0.25) is 5.55 Å². The fourth-order valence-corrected chi connectivity index (χ4v) is 5.20. The van der Waals surface area contributed by atoms with Crippen LogP contribution in [0.5, 0.6) is 5.75 Å². The van der Waals surface area contributed by atoms with Crippen LogP contribution in [0, 0.1) is 6.92 Å². The number of amides is 1. The predicted octanol–water partition coefficient (Wildman–Crippen LogP) is 8.04. The third kappa shape index (κ3) is 5.78. The summed E-state index contributed by atoms with van der Waals surface area (Å²) in [4.78, 5) is 24.2. The molecule has 0 aliphatic carbocycles. The van der Waals surface area contributed by atoms with Crippen LogP contribution in [0.4, 0.5) is 10.8 Å². The summed E-state index contributed by atoms with van der Waals surface area (Å²) in [6.45, 7) is 8.47. The molecule has 2 heterocycles. The molecule has 3 aromatic carbocycles. The molecule has 198 valence electrons. The van der Waals surface area contributed by atoms with Crippen LogP contribution in [0.25, 0.3) is 22.2 Å². The van der Waals surface area contributed by atoms with E-state index in [0.29, 0.717) is 33.6 Å². The van der Waals surface area contributed by atoms with Crippen LogP contribution >= 0.6 is 11.3 Å². The zero-order valence-corrected chi connectivity index (χ0v) is 23.6. The number of fused-ring (bicyclic) bond motifs is 1. The Morgan fingerprint density at radius 1 is 1.05 bits per heavy atom. The largest absolute Gasteiger partial charge is 0.497 e. The highest BCUT2D eigenvalue weighted by atomic mass is 32.1. The number of benzene rings is 3. The maximum absolute atomic E-state index is 13.6. The van der Waals surface area contributed by atoms with E-state index in [1.807, 2.05) is 49.4 Å². The van der Waals surface area contributed by atoms with Crippen molar-refractivity contribution in [1.82, 2.24) is 4.98 Å². The van der Waals surface area contributed by atoms with Crippen molar-refractivity contribution in [3.8, 4) is 17.0 Å². The Bertz CT molecular complexity index is 1700. The van der Waals surface area contributed by atoms with Crippen LogP contribution < -0.4 is 15.6 Å². The normalized spacial score (nSPS) is 11.8. The van der Waals surface area contributed by atoms with Gasteiger partial charge in [0, 0.05) is 15.8 Å². The number of rotatable bonds is 7. The number of methoxy groups -OCH3 is 1. The summed E-state index contributed by atoms with van der Waals surface area (Å²) in [6, 6.07) is 23.5. The molecule has 5 rings (SSSR count). The Morgan fingerprint density at radius 2 is 1.79 bits per heavy atom. The molecular weight excluding hydrogens is 506 g/mol. The van der Waals surface area contributed by atoms with E-state index < -0.39 is 0 Å². The lowest BCUT2D eigenvalue weighted by Gasteiger charge is -2.07. The fraction of sp³-hybridized carbons (Fsp3) is 0.219. The molecule has 0 aliphatic heterocycles. The molecule has 0 spiro atoms. The number of carbonyl (C=O) groups is 1. The maximum atomic E-state index is 13.6. The van der Waals surface area contributed by atoms with Crippen molar-refractivity contribution in [2.45, 2.75) is 40.0 Å². The Morgan fingerprint density at radius 3 is 2.46 bits per heavy atom. The van der Waals surface area contributed by atoms with Crippen LogP contribution in [0.2, 0.25) is 0 Å². The molecule has 39 heavy (non-hydrogen) atoms. The van der Waals surface area contributed by atoms with Crippen molar-refractivity contribution >= 4 is 39.0 Å². The first kappa shape index (κ1) is 26.4. The minimum atomic E-state index is -0.340. The standard InChI is InChI=1S/C32H31N3O3S/c1-6-28-29(22-11-9-21(10-12-22)19(2)3)34-32(39-28)35-30(36)26-18-23-17-25(37-5)15-16-27(23)38-31(26)33-24-13-7-20(4)8-14-24/h7-19H,6H2,1-5H3,(H,34,35,36). The Labute approximate surface area is 232 Å². The molecule has 0 aliphatic rings. The van der Waals surface area contributed by atoms with Crippen LogP contribution in [0.3, 0.4) is 0 Å². The summed E-state index contributed by atoms with van der Waals surface area (Å²) >= 11 is 1.48. The molecule has 0 saturated heterocycles. The average molecular weight is 538 g/mol. The van der Waals surface area contributed by atoms with Gasteiger partial charge >= 0.3 is 0 Å². The number of carbonyl (C=O) groups excluding carboxylic acids is 1. The smallest absolute Gasteiger partial charge is 0.262 e. The van der Waals surface area contributed by atoms with Crippen molar-refractivity contribution < 1.29 is 13.9 Å². The molecule has 7 heteroatoms. The van der Waals surface area contributed by atoms with E-state index in [0.717, 1.165) is 33.5 Å². The number of ether oxygens (including phenoxy) is 1. The molecule has 1 N–H and O–H groups in total. The highest BCUT2D eigenvalue weighted by molar-refractivity contribution is 7.16. The quantitative estimate of drug-likeness (QED) is 0.228. The highest BCUT2D eigenvalue weighted by Gasteiger charge is 2.18. The average Bonchev–Trinajstić information content (AvgIpc) is 3.36. The van der Waals surface area contributed by atoms with Gasteiger partial charge in [-0.15, -0.1) is 11.3 Å². The summed E-state index contributed by atoms with van der Waals surface area (Å²) in [5, 5.41) is 4.27. The van der Waals surface area contributed by atoms with Gasteiger partial charge in [0.05, 0.1) is 18.5 Å². The first-order valence-corrected chi connectivity index (χ1v) is 13.8. The Hall–Kier alpha value is -4.23. The number of thiazole rings is 1. The second kappa shape index (κ2) is 11.3. The van der Waals surface area contributed by atoms with Gasteiger partial charge in [-0.05, 0) is 61.2 Å². The lowest BCUT2D eigenvalue weighted by Crippen LogP contribution is -2.21. The molecule has 0 bridgehead atoms. The Balaban J connectivity index is 1.54. The molecule has 5 aromatic rings. The van der Waals surface area contributed by atoms with Crippen molar-refractivity contribution in [3.63, 3.8) is 0 Å². The van der Waals surface area contributed by atoms with E-state index in [1.54, 1.807) is 13.2 Å². The van der Waals surface area contributed by atoms with Crippen molar-refractivity contribution in [2.24, 2.45) is 4.99 Å². The van der Waals surface area contributed by atoms with E-state index >= 15 is 0 Å². The lowest BCUT2D eigenvalue weighted by atomic mass is 10.0. The van der Waals surface area contributed by atoms with Crippen molar-refractivity contribution in [1.29, 1.82) is 0 Å². The van der Waals surface area contributed by atoms with Crippen LogP contribution in [-0.2, 0) is 6.42 Å². The highest BCUT2D eigenvalue weighted by Crippen LogP contribution is 2.33. The lowest BCUT2D eigenvalue weighted by molar-refractivity contribution is 0.102. The van der Waals surface area contributed by atoms with Gasteiger partial charge in [0.25, 0.3) is 5.91 Å². The molecule has 0 radical (unpaired) electrons. The number of nitrogens with zero attached hydrogens (tertiary/aromatic N) is 2. The summed E-state index contributed by atoms with van der Waals surface area (Å²) < 4.78 is 11.5. The summed E-state index contributed by atoms with van der Waals surface area (Å²) in [5.41, 5.74) is 6.18. The fourth-order valence-electron chi connectivity index (χ4n) is 4.28. The summed E-state index contributed by atoms with van der Waals surface area (Å²) in [5.74, 6) is 0.794. The first-order chi connectivity index (χ1) is 18.8. The molecule has 0 fully saturated rings. The van der Waals surface area contributed by atoms with Gasteiger partial charge < -0.3 is 9.15 Å². The molecule has 2 aromatic heterocycles. The predicted molar refractivity (Wildman–Crippen MR) is 158 cm³/mol. The molecule has 0 saturated carbocycles. The number of hydrogen-bond acceptors (Lipinski definition) is 6. The van der Waals surface area contributed by atoms with Crippen LogP contribution in [0.1, 0.15) is 53.1 Å². The van der Waals surface area contributed by atoms with Gasteiger partial charge in [-0.3, -0.25) is 10.1 Å². The SMILES string of the molecule is CCc1sc(NC(=O)c2cc3cc(OC)ccc3oc2=Nc2ccc(C)cc2)nc1-c1ccc(C(C)C)cc1. The zero-order valence-electron chi connectivity index (χ0n) is 22.7. The second-order valence-corrected chi connectivity index (χ2v) is 10.8. The van der Waals surface area contributed by atoms with Gasteiger partial charge in [-0.25, -0.2) is 9.98 Å². The minimum Gasteiger partial charge on any atom is -0.497 e. The summed E-state index contributed by atoms with van der Waals surface area (Å²) in [7, 11) is 1.61. The molecule has 1 amide bonds. The third-order valence-corrected chi connectivity index (χ3v) is 7.67. The van der Waals surface area contributed by atoms with Crippen molar-refractivity contribution in [3.05, 3.63) is 99.9 Å². The first-order valence-electron chi connectivity index (χ1n) is 13.0. The number of anilines is 1. The molecular formula is C32H31N3O3S. The number of hydrogen-bond donors (Lipinski definition) is 1. The Kier molecular flexibility index (Phi) is 7.61. The van der Waals surface area contributed by atoms with Crippen LogP contribution in [0.15, 0.2) is 82.2 Å².